The molecule has 0 radical (unpaired) electrons. The third-order valence-corrected chi connectivity index (χ3v) is 6.28. The number of hydrogen-bond acceptors (Lipinski definition) is 4. The van der Waals surface area contributed by atoms with Gasteiger partial charge in [0.15, 0.2) is 0 Å². The fourth-order valence-electron chi connectivity index (χ4n) is 3.52. The van der Waals surface area contributed by atoms with Crippen molar-refractivity contribution in [1.82, 2.24) is 9.80 Å². The van der Waals surface area contributed by atoms with E-state index in [1.54, 1.807) is 18.9 Å². The molecule has 3 rings (SSSR count). The lowest BCUT2D eigenvalue weighted by molar-refractivity contribution is -0.137. The Labute approximate surface area is 153 Å². The average molecular weight is 362 g/mol. The zero-order valence-corrected chi connectivity index (χ0v) is 15.8. The van der Waals surface area contributed by atoms with Crippen LogP contribution in [0.4, 0.5) is 0 Å². The molecule has 0 aliphatic carbocycles. The van der Waals surface area contributed by atoms with Gasteiger partial charge in [-0.3, -0.25) is 9.59 Å². The van der Waals surface area contributed by atoms with E-state index in [2.05, 4.69) is 31.2 Å². The number of rotatable bonds is 5. The highest BCUT2D eigenvalue weighted by atomic mass is 32.2. The number of benzene rings is 1. The van der Waals surface area contributed by atoms with Crippen LogP contribution in [0, 0.1) is 12.8 Å². The first-order valence-corrected chi connectivity index (χ1v) is 9.87. The molecule has 2 saturated heterocycles. The van der Waals surface area contributed by atoms with Crippen LogP contribution in [-0.2, 0) is 14.3 Å². The van der Waals surface area contributed by atoms with Crippen LogP contribution < -0.4 is 0 Å². The number of likely N-dealkylation sites (tertiary alicyclic amines) is 1. The number of methoxy groups -OCH3 is 1. The maximum atomic E-state index is 12.4. The van der Waals surface area contributed by atoms with Crippen LogP contribution >= 0.6 is 11.8 Å². The molecule has 2 aliphatic heterocycles. The van der Waals surface area contributed by atoms with Crippen LogP contribution in [0.25, 0.3) is 0 Å². The molecular formula is C19H26N2O3S. The summed E-state index contributed by atoms with van der Waals surface area (Å²) in [5, 5.41) is 0.126. The van der Waals surface area contributed by atoms with Crippen LogP contribution in [0.15, 0.2) is 24.3 Å². The first kappa shape index (κ1) is 18.3. The van der Waals surface area contributed by atoms with Gasteiger partial charge in [-0.25, -0.2) is 0 Å². The van der Waals surface area contributed by atoms with Gasteiger partial charge in [-0.15, -0.1) is 11.8 Å². The lowest BCUT2D eigenvalue weighted by Gasteiger charge is -2.35. The standard InChI is InChI=1S/C19H26N2O3S/c1-14-3-5-16(6-4-14)19-21(18(23)13-25-19)11-15-7-9-20(10-8-15)17(22)12-24-2/h3-6,15,19H,7-13H2,1-2H3. The summed E-state index contributed by atoms with van der Waals surface area (Å²) < 4.78 is 4.93. The molecule has 2 aliphatic rings. The molecule has 2 amide bonds. The minimum absolute atomic E-state index is 0.0614. The molecule has 0 N–H and O–H groups in total. The predicted octanol–water partition coefficient (Wildman–Crippen LogP) is 2.45. The second-order valence-corrected chi connectivity index (χ2v) is 7.95. The van der Waals surface area contributed by atoms with Crippen molar-refractivity contribution in [2.75, 3.05) is 39.1 Å². The quantitative estimate of drug-likeness (QED) is 0.807. The summed E-state index contributed by atoms with van der Waals surface area (Å²) in [5.74, 6) is 1.31. The molecule has 25 heavy (non-hydrogen) atoms. The normalized spacial score (nSPS) is 21.8. The Morgan fingerprint density at radius 1 is 1.24 bits per heavy atom. The number of ether oxygens (including phenoxy) is 1. The molecule has 2 fully saturated rings. The van der Waals surface area contributed by atoms with Crippen molar-refractivity contribution in [3.63, 3.8) is 0 Å². The number of piperidine rings is 1. The molecule has 136 valence electrons. The number of nitrogens with zero attached hydrogens (tertiary/aromatic N) is 2. The van der Waals surface area contributed by atoms with Gasteiger partial charge < -0.3 is 14.5 Å². The smallest absolute Gasteiger partial charge is 0.248 e. The fraction of sp³-hybridized carbons (Fsp3) is 0.579. The molecule has 0 aromatic heterocycles. The molecule has 0 saturated carbocycles. The van der Waals surface area contributed by atoms with Gasteiger partial charge in [0.1, 0.15) is 12.0 Å². The predicted molar refractivity (Wildman–Crippen MR) is 99.3 cm³/mol. The minimum Gasteiger partial charge on any atom is -0.375 e. The zero-order chi connectivity index (χ0) is 17.8. The maximum Gasteiger partial charge on any atom is 0.248 e. The van der Waals surface area contributed by atoms with Gasteiger partial charge in [0.2, 0.25) is 11.8 Å². The van der Waals surface area contributed by atoms with Gasteiger partial charge in [-0.05, 0) is 31.2 Å². The maximum absolute atomic E-state index is 12.4. The van der Waals surface area contributed by atoms with Crippen LogP contribution in [0.2, 0.25) is 0 Å². The number of carbonyl (C=O) groups is 2. The Morgan fingerprint density at radius 3 is 2.56 bits per heavy atom. The molecule has 5 nitrogen and oxygen atoms in total. The van der Waals surface area contributed by atoms with Crippen molar-refractivity contribution in [3.8, 4) is 0 Å². The van der Waals surface area contributed by atoms with E-state index < -0.39 is 0 Å². The first-order chi connectivity index (χ1) is 12.1. The Balaban J connectivity index is 1.59. The van der Waals surface area contributed by atoms with Crippen molar-refractivity contribution < 1.29 is 14.3 Å². The number of thioether (sulfide) groups is 1. The summed E-state index contributed by atoms with van der Waals surface area (Å²) in [4.78, 5) is 28.2. The zero-order valence-electron chi connectivity index (χ0n) is 14.9. The summed E-state index contributed by atoms with van der Waals surface area (Å²) in [6, 6.07) is 8.47. The van der Waals surface area contributed by atoms with E-state index in [-0.39, 0.29) is 23.8 Å². The summed E-state index contributed by atoms with van der Waals surface area (Å²) in [6.45, 7) is 4.54. The average Bonchev–Trinajstić information content (AvgIpc) is 2.97. The van der Waals surface area contributed by atoms with Crippen LogP contribution in [0.1, 0.15) is 29.3 Å². The monoisotopic (exact) mass is 362 g/mol. The SMILES string of the molecule is COCC(=O)N1CCC(CN2C(=O)CSC2c2ccc(C)cc2)CC1. The summed E-state index contributed by atoms with van der Waals surface area (Å²) in [7, 11) is 1.55. The van der Waals surface area contributed by atoms with Gasteiger partial charge in [0.25, 0.3) is 0 Å². The van der Waals surface area contributed by atoms with E-state index in [0.717, 1.165) is 32.5 Å². The molecule has 1 aromatic rings. The van der Waals surface area contributed by atoms with Gasteiger partial charge in [0, 0.05) is 26.7 Å². The van der Waals surface area contributed by atoms with Crippen LogP contribution in [-0.4, -0.2) is 60.7 Å². The highest BCUT2D eigenvalue weighted by Crippen LogP contribution is 2.39. The van der Waals surface area contributed by atoms with Crippen molar-refractivity contribution in [3.05, 3.63) is 35.4 Å². The fourth-order valence-corrected chi connectivity index (χ4v) is 4.72. The minimum atomic E-state index is 0.0614. The topological polar surface area (TPSA) is 49.9 Å². The van der Waals surface area contributed by atoms with E-state index in [1.165, 1.54) is 11.1 Å². The van der Waals surface area contributed by atoms with Gasteiger partial charge in [0.05, 0.1) is 5.75 Å². The number of aryl methyl sites for hydroxylation is 1. The summed E-state index contributed by atoms with van der Waals surface area (Å²) >= 11 is 1.71. The van der Waals surface area contributed by atoms with Crippen LogP contribution in [0.3, 0.4) is 0 Å². The molecule has 0 bridgehead atoms. The van der Waals surface area contributed by atoms with Crippen molar-refractivity contribution in [1.29, 1.82) is 0 Å². The molecule has 6 heteroatoms. The molecule has 0 spiro atoms. The molecule has 1 atom stereocenters. The summed E-state index contributed by atoms with van der Waals surface area (Å²) in [5.41, 5.74) is 2.44. The lowest BCUT2D eigenvalue weighted by Crippen LogP contribution is -2.43. The third-order valence-electron chi connectivity index (χ3n) is 5.02. The van der Waals surface area contributed by atoms with Crippen molar-refractivity contribution in [2.24, 2.45) is 5.92 Å². The Kier molecular flexibility index (Phi) is 6.02. The number of carbonyl (C=O) groups excluding carboxylic acids is 2. The van der Waals surface area contributed by atoms with Gasteiger partial charge in [-0.2, -0.15) is 0 Å². The van der Waals surface area contributed by atoms with Crippen molar-refractivity contribution in [2.45, 2.75) is 25.1 Å². The Hall–Kier alpha value is -1.53. The summed E-state index contributed by atoms with van der Waals surface area (Å²) in [6.07, 6.45) is 1.90. The molecule has 1 aromatic carbocycles. The van der Waals surface area contributed by atoms with Crippen LogP contribution in [0.5, 0.6) is 0 Å². The van der Waals surface area contributed by atoms with Crippen molar-refractivity contribution >= 4 is 23.6 Å². The Bertz CT molecular complexity index is 612. The Morgan fingerprint density at radius 2 is 1.92 bits per heavy atom. The largest absolute Gasteiger partial charge is 0.375 e. The van der Waals surface area contributed by atoms with Gasteiger partial charge >= 0.3 is 0 Å². The number of hydrogen-bond donors (Lipinski definition) is 0. The van der Waals surface area contributed by atoms with E-state index in [4.69, 9.17) is 4.74 Å². The second-order valence-electron chi connectivity index (χ2n) is 6.88. The molecular weight excluding hydrogens is 336 g/mol. The van der Waals surface area contributed by atoms with Gasteiger partial charge in [-0.1, -0.05) is 29.8 Å². The highest BCUT2D eigenvalue weighted by Gasteiger charge is 2.35. The second kappa shape index (κ2) is 8.23. The van der Waals surface area contributed by atoms with E-state index in [9.17, 15) is 9.59 Å². The highest BCUT2D eigenvalue weighted by molar-refractivity contribution is 8.00. The molecule has 2 heterocycles. The van der Waals surface area contributed by atoms with E-state index in [0.29, 0.717) is 11.7 Å². The number of amides is 2. The van der Waals surface area contributed by atoms with E-state index in [1.807, 2.05) is 9.80 Å². The first-order valence-electron chi connectivity index (χ1n) is 8.83. The van der Waals surface area contributed by atoms with E-state index >= 15 is 0 Å². The third kappa shape index (κ3) is 4.36. The lowest BCUT2D eigenvalue weighted by atomic mass is 9.95. The molecule has 1 unspecified atom stereocenters.